The van der Waals surface area contributed by atoms with E-state index in [2.05, 4.69) is 20.9 Å². The van der Waals surface area contributed by atoms with Crippen molar-refractivity contribution in [3.05, 3.63) is 22.9 Å². The highest BCUT2D eigenvalue weighted by atomic mass is 79.9. The molecule has 8 heteroatoms. The van der Waals surface area contributed by atoms with Gasteiger partial charge >= 0.3 is 0 Å². The fourth-order valence-electron chi connectivity index (χ4n) is 1.22. The van der Waals surface area contributed by atoms with Crippen LogP contribution in [0.3, 0.4) is 0 Å². The lowest BCUT2D eigenvalue weighted by Crippen LogP contribution is -2.34. The second-order valence-corrected chi connectivity index (χ2v) is 6.73. The van der Waals surface area contributed by atoms with Crippen molar-refractivity contribution in [2.24, 2.45) is 0 Å². The summed E-state index contributed by atoms with van der Waals surface area (Å²) >= 11 is 14.3. The van der Waals surface area contributed by atoms with Crippen LogP contribution in [0.25, 0.3) is 0 Å². The first-order valence-corrected chi connectivity index (χ1v) is 8.05. The third kappa shape index (κ3) is 4.06. The average Bonchev–Trinajstić information content (AvgIpc) is 2.29. The number of hydrogen-bond acceptors (Lipinski definition) is 3. The number of sulfonamides is 1. The Balaban J connectivity index is 3.07. The normalized spacial score (nSPS) is 12.0. The minimum absolute atomic E-state index is 0.127. The highest BCUT2D eigenvalue weighted by molar-refractivity contribution is 9.10. The molecule has 1 rings (SSSR count). The molecule has 1 aromatic heterocycles. The van der Waals surface area contributed by atoms with E-state index in [9.17, 15) is 8.42 Å². The number of alkyl halides is 2. The number of nitrogens with zero attached hydrogens (tertiary/aromatic N) is 2. The summed E-state index contributed by atoms with van der Waals surface area (Å²) < 4.78 is 26.3. The summed E-state index contributed by atoms with van der Waals surface area (Å²) in [7, 11) is -3.58. The van der Waals surface area contributed by atoms with Crippen molar-refractivity contribution in [1.82, 2.24) is 9.29 Å². The van der Waals surface area contributed by atoms with Gasteiger partial charge in [0, 0.05) is 41.7 Å². The lowest BCUT2D eigenvalue weighted by Gasteiger charge is -2.19. The Morgan fingerprint density at radius 2 is 1.82 bits per heavy atom. The molecule has 0 radical (unpaired) electrons. The van der Waals surface area contributed by atoms with Gasteiger partial charge in [0.05, 0.1) is 0 Å². The second-order valence-electron chi connectivity index (χ2n) is 3.12. The number of pyridine rings is 1. The van der Waals surface area contributed by atoms with E-state index in [1.807, 2.05) is 0 Å². The first-order chi connectivity index (χ1) is 8.02. The van der Waals surface area contributed by atoms with Gasteiger partial charge in [-0.15, -0.1) is 23.2 Å². The van der Waals surface area contributed by atoms with Gasteiger partial charge < -0.3 is 0 Å². The lowest BCUT2D eigenvalue weighted by molar-refractivity contribution is 0.448. The highest BCUT2D eigenvalue weighted by Crippen LogP contribution is 2.18. The molecule has 0 aromatic carbocycles. The average molecular weight is 362 g/mol. The van der Waals surface area contributed by atoms with Crippen LogP contribution >= 0.6 is 39.1 Å². The maximum Gasteiger partial charge on any atom is 0.244 e. The van der Waals surface area contributed by atoms with Crippen molar-refractivity contribution in [2.75, 3.05) is 24.8 Å². The van der Waals surface area contributed by atoms with E-state index < -0.39 is 10.0 Å². The summed E-state index contributed by atoms with van der Waals surface area (Å²) in [6.45, 7) is 0.451. The lowest BCUT2D eigenvalue weighted by atomic mass is 10.5. The maximum absolute atomic E-state index is 12.2. The molecule has 0 atom stereocenters. The smallest absolute Gasteiger partial charge is 0.244 e. The molecule has 0 spiro atoms. The van der Waals surface area contributed by atoms with Crippen molar-refractivity contribution in [3.63, 3.8) is 0 Å². The fourth-order valence-corrected chi connectivity index (χ4v) is 3.78. The first kappa shape index (κ1) is 15.2. The molecule has 0 amide bonds. The van der Waals surface area contributed by atoms with Crippen LogP contribution in [0.2, 0.25) is 0 Å². The van der Waals surface area contributed by atoms with E-state index in [0.717, 1.165) is 0 Å². The summed E-state index contributed by atoms with van der Waals surface area (Å²) in [6.07, 6.45) is 2.82. The number of aromatic nitrogens is 1. The van der Waals surface area contributed by atoms with Gasteiger partial charge in [-0.05, 0) is 22.0 Å². The van der Waals surface area contributed by atoms with Gasteiger partial charge in [-0.2, -0.15) is 4.31 Å². The zero-order chi connectivity index (χ0) is 12.9. The van der Waals surface area contributed by atoms with Crippen LogP contribution in [0.1, 0.15) is 0 Å². The Bertz CT molecular complexity index is 464. The van der Waals surface area contributed by atoms with E-state index in [1.165, 1.54) is 22.8 Å². The number of hydrogen-bond donors (Lipinski definition) is 0. The SMILES string of the molecule is O=S(=O)(c1cncc(Br)c1)N(CCCl)CCCl. The predicted molar refractivity (Wildman–Crippen MR) is 72.1 cm³/mol. The van der Waals surface area contributed by atoms with Crippen LogP contribution in [0.4, 0.5) is 0 Å². The predicted octanol–water partition coefficient (Wildman–Crippen LogP) is 2.31. The molecule has 1 aromatic rings. The third-order valence-electron chi connectivity index (χ3n) is 1.99. The van der Waals surface area contributed by atoms with Crippen LogP contribution in [0, 0.1) is 0 Å². The van der Waals surface area contributed by atoms with Crippen LogP contribution in [-0.4, -0.2) is 42.6 Å². The molecule has 0 unspecified atom stereocenters. The topological polar surface area (TPSA) is 50.3 Å². The van der Waals surface area contributed by atoms with Crippen molar-refractivity contribution in [2.45, 2.75) is 4.90 Å². The molecular weight excluding hydrogens is 351 g/mol. The number of halogens is 3. The third-order valence-corrected chi connectivity index (χ3v) is 4.62. The standard InChI is InChI=1S/C9H11BrCl2N2O2S/c10-8-5-9(7-13-6-8)17(15,16)14(3-1-11)4-2-12/h5-7H,1-4H2. The van der Waals surface area contributed by atoms with Gasteiger partial charge in [0.25, 0.3) is 0 Å². The van der Waals surface area contributed by atoms with Gasteiger partial charge in [-0.3, -0.25) is 4.98 Å². The van der Waals surface area contributed by atoms with E-state index in [0.29, 0.717) is 4.47 Å². The summed E-state index contributed by atoms with van der Waals surface area (Å²) in [5.41, 5.74) is 0. The molecule has 96 valence electrons. The van der Waals surface area contributed by atoms with Crippen molar-refractivity contribution in [3.8, 4) is 0 Å². The number of rotatable bonds is 6. The quantitative estimate of drug-likeness (QED) is 0.730. The van der Waals surface area contributed by atoms with E-state index in [4.69, 9.17) is 23.2 Å². The molecule has 17 heavy (non-hydrogen) atoms. The molecule has 0 saturated carbocycles. The summed E-state index contributed by atoms with van der Waals surface area (Å²) in [4.78, 5) is 3.96. The Morgan fingerprint density at radius 1 is 1.24 bits per heavy atom. The minimum atomic E-state index is -3.58. The molecule has 0 aliphatic carbocycles. The summed E-state index contributed by atoms with van der Waals surface area (Å²) in [5.74, 6) is 0.440. The molecule has 0 saturated heterocycles. The van der Waals surface area contributed by atoms with Crippen molar-refractivity contribution >= 4 is 49.2 Å². The molecule has 0 N–H and O–H groups in total. The van der Waals surface area contributed by atoms with Crippen molar-refractivity contribution < 1.29 is 8.42 Å². The molecule has 0 bridgehead atoms. The fraction of sp³-hybridized carbons (Fsp3) is 0.444. The summed E-state index contributed by atoms with van der Waals surface area (Å²) in [6, 6.07) is 1.50. The molecule has 4 nitrogen and oxygen atoms in total. The highest BCUT2D eigenvalue weighted by Gasteiger charge is 2.23. The largest absolute Gasteiger partial charge is 0.262 e. The Kier molecular flexibility index (Phi) is 6.16. The van der Waals surface area contributed by atoms with E-state index in [1.54, 1.807) is 0 Å². The Morgan fingerprint density at radius 3 is 2.29 bits per heavy atom. The molecular formula is C9H11BrCl2N2O2S. The van der Waals surface area contributed by atoms with E-state index >= 15 is 0 Å². The Labute approximate surface area is 119 Å². The van der Waals surface area contributed by atoms with Crippen LogP contribution < -0.4 is 0 Å². The van der Waals surface area contributed by atoms with Gasteiger partial charge in [-0.25, -0.2) is 8.42 Å². The van der Waals surface area contributed by atoms with Crippen LogP contribution in [0.5, 0.6) is 0 Å². The maximum atomic E-state index is 12.2. The molecule has 1 heterocycles. The zero-order valence-electron chi connectivity index (χ0n) is 8.81. The zero-order valence-corrected chi connectivity index (χ0v) is 12.7. The Hall–Kier alpha value is 0.120. The monoisotopic (exact) mass is 360 g/mol. The van der Waals surface area contributed by atoms with Crippen LogP contribution in [0.15, 0.2) is 27.8 Å². The van der Waals surface area contributed by atoms with Gasteiger partial charge in [0.2, 0.25) is 10.0 Å². The van der Waals surface area contributed by atoms with Gasteiger partial charge in [0.15, 0.2) is 0 Å². The van der Waals surface area contributed by atoms with Gasteiger partial charge in [0.1, 0.15) is 4.90 Å². The molecule has 0 aliphatic rings. The summed E-state index contributed by atoms with van der Waals surface area (Å²) in [5, 5.41) is 0. The first-order valence-electron chi connectivity index (χ1n) is 4.75. The molecule has 0 aliphatic heterocycles. The van der Waals surface area contributed by atoms with Crippen molar-refractivity contribution in [1.29, 1.82) is 0 Å². The molecule has 0 fully saturated rings. The second kappa shape index (κ2) is 6.89. The minimum Gasteiger partial charge on any atom is -0.262 e. The van der Waals surface area contributed by atoms with Crippen LogP contribution in [-0.2, 0) is 10.0 Å². The van der Waals surface area contributed by atoms with Gasteiger partial charge in [-0.1, -0.05) is 0 Å². The van der Waals surface area contributed by atoms with E-state index in [-0.39, 0.29) is 29.7 Å².